The van der Waals surface area contributed by atoms with Crippen LogP contribution in [0.2, 0.25) is 0 Å². The van der Waals surface area contributed by atoms with Crippen molar-refractivity contribution in [1.82, 2.24) is 15.1 Å². The van der Waals surface area contributed by atoms with Crippen molar-refractivity contribution >= 4 is 11.9 Å². The highest BCUT2D eigenvalue weighted by Crippen LogP contribution is 2.21. The van der Waals surface area contributed by atoms with Gasteiger partial charge in [0.15, 0.2) is 0 Å². The topological polar surface area (TPSA) is 82.1 Å². The van der Waals surface area contributed by atoms with Crippen LogP contribution in [0.3, 0.4) is 0 Å². The highest BCUT2D eigenvalue weighted by atomic mass is 16.5. The monoisotopic (exact) mass is 341 g/mol. The molecule has 2 atom stereocenters. The Hall–Kier alpha value is -1.18. The number of piperidine rings is 1. The molecule has 2 fully saturated rings. The Bertz CT molecular complexity index is 414. The van der Waals surface area contributed by atoms with Crippen LogP contribution in [0, 0.1) is 5.92 Å². The van der Waals surface area contributed by atoms with E-state index in [0.29, 0.717) is 18.8 Å². The number of morpholine rings is 1. The summed E-state index contributed by atoms with van der Waals surface area (Å²) < 4.78 is 5.77. The largest absolute Gasteiger partial charge is 0.480 e. The number of carbonyl (C=O) groups excluding carboxylic acids is 1. The average molecular weight is 341 g/mol. The van der Waals surface area contributed by atoms with Gasteiger partial charge >= 0.3 is 5.97 Å². The van der Waals surface area contributed by atoms with Crippen LogP contribution in [0.15, 0.2) is 0 Å². The molecule has 2 rings (SSSR count). The fourth-order valence-electron chi connectivity index (χ4n) is 3.70. The van der Waals surface area contributed by atoms with E-state index in [1.807, 2.05) is 0 Å². The van der Waals surface area contributed by atoms with E-state index >= 15 is 0 Å². The maximum atomic E-state index is 11.7. The highest BCUT2D eigenvalue weighted by Gasteiger charge is 2.25. The van der Waals surface area contributed by atoms with Gasteiger partial charge in [0, 0.05) is 13.1 Å². The van der Waals surface area contributed by atoms with Crippen molar-refractivity contribution < 1.29 is 19.4 Å². The first kappa shape index (κ1) is 19.1. The number of carboxylic acids is 1. The van der Waals surface area contributed by atoms with Gasteiger partial charge in [0.2, 0.25) is 5.91 Å². The molecule has 24 heavy (non-hydrogen) atoms. The summed E-state index contributed by atoms with van der Waals surface area (Å²) in [4.78, 5) is 26.7. The minimum absolute atomic E-state index is 0.202. The molecule has 0 spiro atoms. The Morgan fingerprint density at radius 3 is 2.33 bits per heavy atom. The number of hydrogen-bond acceptors (Lipinski definition) is 5. The second-order valence-electron chi connectivity index (χ2n) is 7.20. The van der Waals surface area contributed by atoms with E-state index in [0.717, 1.165) is 51.5 Å². The molecule has 0 aliphatic carbocycles. The molecule has 2 saturated heterocycles. The van der Waals surface area contributed by atoms with Crippen molar-refractivity contribution in [2.24, 2.45) is 5.92 Å². The molecule has 0 saturated carbocycles. The summed E-state index contributed by atoms with van der Waals surface area (Å²) in [6.07, 6.45) is 4.07. The fraction of sp³-hybridized carbons (Fsp3) is 0.882. The molecule has 138 valence electrons. The van der Waals surface area contributed by atoms with Gasteiger partial charge in [-0.3, -0.25) is 19.4 Å². The summed E-state index contributed by atoms with van der Waals surface area (Å²) >= 11 is 0. The zero-order chi connectivity index (χ0) is 17.5. The molecule has 0 aromatic carbocycles. The lowest BCUT2D eigenvalue weighted by Crippen LogP contribution is -2.46. The van der Waals surface area contributed by atoms with Crippen LogP contribution in [-0.4, -0.2) is 84.8 Å². The molecule has 2 N–H and O–H groups in total. The molecule has 2 aliphatic rings. The number of ether oxygens (including phenoxy) is 1. The van der Waals surface area contributed by atoms with Gasteiger partial charge in [-0.05, 0) is 58.7 Å². The Balaban J connectivity index is 1.60. The van der Waals surface area contributed by atoms with Crippen LogP contribution < -0.4 is 5.32 Å². The van der Waals surface area contributed by atoms with Gasteiger partial charge in [0.05, 0.1) is 18.8 Å². The number of nitrogens with zero attached hydrogens (tertiary/aromatic N) is 2. The van der Waals surface area contributed by atoms with Crippen LogP contribution in [0.25, 0.3) is 0 Å². The van der Waals surface area contributed by atoms with Gasteiger partial charge in [-0.2, -0.15) is 0 Å². The van der Waals surface area contributed by atoms with Crippen LogP contribution in [0.1, 0.15) is 33.1 Å². The van der Waals surface area contributed by atoms with E-state index in [2.05, 4.69) is 29.0 Å². The van der Waals surface area contributed by atoms with E-state index in [1.165, 1.54) is 6.42 Å². The fourth-order valence-corrected chi connectivity index (χ4v) is 3.70. The lowest BCUT2D eigenvalue weighted by atomic mass is 9.93. The second-order valence-corrected chi connectivity index (χ2v) is 7.20. The Kier molecular flexibility index (Phi) is 7.45. The average Bonchev–Trinajstić information content (AvgIpc) is 2.51. The van der Waals surface area contributed by atoms with Gasteiger partial charge in [0.25, 0.3) is 0 Å². The van der Waals surface area contributed by atoms with Crippen LogP contribution in [0.4, 0.5) is 0 Å². The quantitative estimate of drug-likeness (QED) is 0.697. The SMILES string of the molecule is CC1CN(CCC2CCN(CC(=O)NCC(=O)O)CC2)CC(C)O1. The molecule has 7 nitrogen and oxygen atoms in total. The first-order valence-electron chi connectivity index (χ1n) is 9.01. The van der Waals surface area contributed by atoms with E-state index in [1.54, 1.807) is 0 Å². The summed E-state index contributed by atoms with van der Waals surface area (Å²) in [6.45, 7) is 9.28. The summed E-state index contributed by atoms with van der Waals surface area (Å²) in [6, 6.07) is 0. The third kappa shape index (κ3) is 6.75. The standard InChI is InChI=1S/C17H31N3O4/c1-13-10-20(11-14(2)24-13)8-5-15-3-6-19(7-4-15)12-16(21)18-9-17(22)23/h13-15H,3-12H2,1-2H3,(H,18,21)(H,22,23). The van der Waals surface area contributed by atoms with Crippen molar-refractivity contribution in [2.45, 2.75) is 45.3 Å². The van der Waals surface area contributed by atoms with Crippen molar-refractivity contribution in [1.29, 1.82) is 0 Å². The maximum absolute atomic E-state index is 11.7. The first-order chi connectivity index (χ1) is 11.4. The third-order valence-electron chi connectivity index (χ3n) is 4.86. The Morgan fingerprint density at radius 1 is 1.12 bits per heavy atom. The summed E-state index contributed by atoms with van der Waals surface area (Å²) in [7, 11) is 0. The molecule has 0 aromatic heterocycles. The van der Waals surface area contributed by atoms with Crippen molar-refractivity contribution in [3.05, 3.63) is 0 Å². The van der Waals surface area contributed by atoms with Gasteiger partial charge < -0.3 is 15.2 Å². The lowest BCUT2D eigenvalue weighted by Gasteiger charge is -2.37. The minimum atomic E-state index is -1.01. The summed E-state index contributed by atoms with van der Waals surface area (Å²) in [5.74, 6) is -0.488. The van der Waals surface area contributed by atoms with E-state index < -0.39 is 5.97 Å². The van der Waals surface area contributed by atoms with Crippen LogP contribution >= 0.6 is 0 Å². The number of carbonyl (C=O) groups is 2. The minimum Gasteiger partial charge on any atom is -0.480 e. The number of rotatable bonds is 7. The molecule has 2 unspecified atom stereocenters. The molecule has 2 heterocycles. The zero-order valence-corrected chi connectivity index (χ0v) is 14.9. The third-order valence-corrected chi connectivity index (χ3v) is 4.86. The summed E-state index contributed by atoms with van der Waals surface area (Å²) in [5.41, 5.74) is 0. The normalized spacial score (nSPS) is 27.1. The maximum Gasteiger partial charge on any atom is 0.322 e. The predicted molar refractivity (Wildman–Crippen MR) is 90.9 cm³/mol. The summed E-state index contributed by atoms with van der Waals surface area (Å²) in [5, 5.41) is 11.0. The smallest absolute Gasteiger partial charge is 0.322 e. The van der Waals surface area contributed by atoms with Gasteiger partial charge in [-0.25, -0.2) is 0 Å². The molecular weight excluding hydrogens is 310 g/mol. The molecule has 2 aliphatic heterocycles. The Morgan fingerprint density at radius 2 is 1.75 bits per heavy atom. The zero-order valence-electron chi connectivity index (χ0n) is 14.9. The van der Waals surface area contributed by atoms with E-state index in [-0.39, 0.29) is 12.5 Å². The molecule has 0 aromatic rings. The molecule has 1 amide bonds. The predicted octanol–water partition coefficient (Wildman–Crippen LogP) is 0.399. The molecule has 7 heteroatoms. The second kappa shape index (κ2) is 9.34. The molecule has 0 radical (unpaired) electrons. The number of nitrogens with one attached hydrogen (secondary N) is 1. The van der Waals surface area contributed by atoms with Gasteiger partial charge in [-0.1, -0.05) is 0 Å². The highest BCUT2D eigenvalue weighted by molar-refractivity contribution is 5.82. The van der Waals surface area contributed by atoms with Gasteiger partial charge in [0.1, 0.15) is 6.54 Å². The number of hydrogen-bond donors (Lipinski definition) is 2. The van der Waals surface area contributed by atoms with E-state index in [4.69, 9.17) is 9.84 Å². The Labute approximate surface area is 144 Å². The van der Waals surface area contributed by atoms with Gasteiger partial charge in [-0.15, -0.1) is 0 Å². The molecular formula is C17H31N3O4. The number of carboxylic acid groups (broad SMARTS) is 1. The van der Waals surface area contributed by atoms with Crippen molar-refractivity contribution in [3.63, 3.8) is 0 Å². The van der Waals surface area contributed by atoms with Crippen molar-refractivity contribution in [2.75, 3.05) is 45.8 Å². The number of likely N-dealkylation sites (tertiary alicyclic amines) is 1. The van der Waals surface area contributed by atoms with Crippen LogP contribution in [-0.2, 0) is 14.3 Å². The number of aliphatic carboxylic acids is 1. The van der Waals surface area contributed by atoms with E-state index in [9.17, 15) is 9.59 Å². The number of amides is 1. The van der Waals surface area contributed by atoms with Crippen LogP contribution in [0.5, 0.6) is 0 Å². The molecule has 0 bridgehead atoms. The lowest BCUT2D eigenvalue weighted by molar-refractivity contribution is -0.138. The first-order valence-corrected chi connectivity index (χ1v) is 9.01. The van der Waals surface area contributed by atoms with Crippen molar-refractivity contribution in [3.8, 4) is 0 Å².